The van der Waals surface area contributed by atoms with E-state index in [1.54, 1.807) is 10.7 Å². The first kappa shape index (κ1) is 10.8. The van der Waals surface area contributed by atoms with Crippen LogP contribution in [0.15, 0.2) is 30.5 Å². The van der Waals surface area contributed by atoms with Gasteiger partial charge in [-0.1, -0.05) is 19.9 Å². The minimum absolute atomic E-state index is 0.0495. The summed E-state index contributed by atoms with van der Waals surface area (Å²) in [7, 11) is 0. The maximum Gasteiger partial charge on any atom is 0.153 e. The number of nitrogens with zero attached hydrogens (tertiary/aromatic N) is 3. The molecule has 0 bridgehead atoms. The van der Waals surface area contributed by atoms with Gasteiger partial charge >= 0.3 is 0 Å². The molecule has 0 radical (unpaired) electrons. The van der Waals surface area contributed by atoms with Gasteiger partial charge in [0.15, 0.2) is 5.82 Å². The molecule has 0 aliphatic carbocycles. The molecule has 0 spiro atoms. The molecule has 2 aromatic heterocycles. The lowest BCUT2D eigenvalue weighted by Crippen LogP contribution is -2.01. The summed E-state index contributed by atoms with van der Waals surface area (Å²) < 4.78 is 1.73. The summed E-state index contributed by atoms with van der Waals surface area (Å²) in [6.45, 7) is 4.15. The molecule has 0 atom stereocenters. The molecule has 0 aromatic carbocycles. The van der Waals surface area contributed by atoms with Crippen LogP contribution in [0.5, 0.6) is 0 Å². The normalized spacial score (nSPS) is 11.0. The van der Waals surface area contributed by atoms with E-state index in [-0.39, 0.29) is 6.61 Å². The van der Waals surface area contributed by atoms with E-state index in [0.29, 0.717) is 11.6 Å². The number of aromatic nitrogens is 3. The highest BCUT2D eigenvalue weighted by molar-refractivity contribution is 5.24. The van der Waals surface area contributed by atoms with Gasteiger partial charge in [0, 0.05) is 6.20 Å². The molecule has 2 rings (SSSR count). The fourth-order valence-electron chi connectivity index (χ4n) is 1.46. The second-order valence-electron chi connectivity index (χ2n) is 3.99. The fourth-order valence-corrected chi connectivity index (χ4v) is 1.46. The van der Waals surface area contributed by atoms with E-state index in [1.807, 2.05) is 24.4 Å². The lowest BCUT2D eigenvalue weighted by atomic mass is 10.1. The lowest BCUT2D eigenvalue weighted by molar-refractivity contribution is 0.276. The van der Waals surface area contributed by atoms with Crippen molar-refractivity contribution in [2.75, 3.05) is 0 Å². The second-order valence-corrected chi connectivity index (χ2v) is 3.99. The van der Waals surface area contributed by atoms with Crippen LogP contribution in [0.2, 0.25) is 0 Å². The molecule has 0 saturated heterocycles. The average Bonchev–Trinajstić information content (AvgIpc) is 2.78. The van der Waals surface area contributed by atoms with Crippen molar-refractivity contribution in [3.8, 4) is 5.82 Å². The number of hydrogen-bond donors (Lipinski definition) is 1. The standard InChI is InChI=1S/C12H15N3O/c1-9(2)11-6-7-15(14-11)12-5-3-4-10(8-16)13-12/h3-7,9,16H,8H2,1-2H3. The van der Waals surface area contributed by atoms with Crippen molar-refractivity contribution in [3.63, 3.8) is 0 Å². The Morgan fingerprint density at radius 1 is 1.31 bits per heavy atom. The van der Waals surface area contributed by atoms with Crippen molar-refractivity contribution in [1.29, 1.82) is 0 Å². The quantitative estimate of drug-likeness (QED) is 0.854. The van der Waals surface area contributed by atoms with Crippen LogP contribution in [0.3, 0.4) is 0 Å². The van der Waals surface area contributed by atoms with Crippen LogP contribution in [-0.4, -0.2) is 19.9 Å². The van der Waals surface area contributed by atoms with Gasteiger partial charge in [0.05, 0.1) is 18.0 Å². The smallest absolute Gasteiger partial charge is 0.153 e. The van der Waals surface area contributed by atoms with Crippen molar-refractivity contribution in [3.05, 3.63) is 41.9 Å². The predicted octanol–water partition coefficient (Wildman–Crippen LogP) is 1.88. The van der Waals surface area contributed by atoms with E-state index in [0.717, 1.165) is 11.5 Å². The summed E-state index contributed by atoms with van der Waals surface area (Å²) in [4.78, 5) is 4.28. The van der Waals surface area contributed by atoms with Crippen LogP contribution in [0, 0.1) is 0 Å². The Hall–Kier alpha value is -1.68. The minimum atomic E-state index is -0.0495. The van der Waals surface area contributed by atoms with Crippen molar-refractivity contribution < 1.29 is 5.11 Å². The molecule has 4 nitrogen and oxygen atoms in total. The summed E-state index contributed by atoms with van der Waals surface area (Å²) in [6, 6.07) is 7.51. The largest absolute Gasteiger partial charge is 0.390 e. The van der Waals surface area contributed by atoms with E-state index in [9.17, 15) is 0 Å². The highest BCUT2D eigenvalue weighted by Crippen LogP contribution is 2.13. The molecular weight excluding hydrogens is 202 g/mol. The molecule has 0 aliphatic heterocycles. The first-order valence-corrected chi connectivity index (χ1v) is 5.33. The maximum absolute atomic E-state index is 9.01. The van der Waals surface area contributed by atoms with Crippen LogP contribution in [-0.2, 0) is 6.61 Å². The fraction of sp³-hybridized carbons (Fsp3) is 0.333. The third kappa shape index (κ3) is 2.12. The monoisotopic (exact) mass is 217 g/mol. The zero-order valence-electron chi connectivity index (χ0n) is 9.46. The zero-order chi connectivity index (χ0) is 11.5. The van der Waals surface area contributed by atoms with Crippen LogP contribution in [0.25, 0.3) is 5.82 Å². The first-order valence-electron chi connectivity index (χ1n) is 5.33. The molecule has 0 aliphatic rings. The van der Waals surface area contributed by atoms with Crippen molar-refractivity contribution in [2.45, 2.75) is 26.4 Å². The molecule has 84 valence electrons. The Morgan fingerprint density at radius 2 is 2.12 bits per heavy atom. The molecule has 0 fully saturated rings. The predicted molar refractivity (Wildman–Crippen MR) is 61.4 cm³/mol. The van der Waals surface area contributed by atoms with Gasteiger partial charge in [-0.25, -0.2) is 9.67 Å². The number of rotatable bonds is 3. The van der Waals surface area contributed by atoms with Crippen LogP contribution < -0.4 is 0 Å². The zero-order valence-corrected chi connectivity index (χ0v) is 9.46. The number of aliphatic hydroxyl groups is 1. The molecule has 1 N–H and O–H groups in total. The van der Waals surface area contributed by atoms with Crippen molar-refractivity contribution >= 4 is 0 Å². The van der Waals surface area contributed by atoms with Gasteiger partial charge in [-0.3, -0.25) is 0 Å². The van der Waals surface area contributed by atoms with Gasteiger partial charge in [0.2, 0.25) is 0 Å². The van der Waals surface area contributed by atoms with Gasteiger partial charge in [-0.05, 0) is 24.1 Å². The minimum Gasteiger partial charge on any atom is -0.390 e. The molecular formula is C12H15N3O. The van der Waals surface area contributed by atoms with Crippen LogP contribution in [0.1, 0.15) is 31.2 Å². The first-order chi connectivity index (χ1) is 7.70. The second kappa shape index (κ2) is 4.45. The van der Waals surface area contributed by atoms with E-state index >= 15 is 0 Å². The number of pyridine rings is 1. The summed E-state index contributed by atoms with van der Waals surface area (Å²) in [5.74, 6) is 1.14. The molecule has 0 saturated carbocycles. The Balaban J connectivity index is 2.34. The Labute approximate surface area is 94.6 Å². The van der Waals surface area contributed by atoms with Crippen LogP contribution in [0.4, 0.5) is 0 Å². The Morgan fingerprint density at radius 3 is 2.75 bits per heavy atom. The lowest BCUT2D eigenvalue weighted by Gasteiger charge is -2.03. The highest BCUT2D eigenvalue weighted by atomic mass is 16.3. The van der Waals surface area contributed by atoms with E-state index < -0.39 is 0 Å². The topological polar surface area (TPSA) is 50.9 Å². The Bertz CT molecular complexity index is 477. The molecule has 4 heteroatoms. The average molecular weight is 217 g/mol. The van der Waals surface area contributed by atoms with Gasteiger partial charge in [0.25, 0.3) is 0 Å². The summed E-state index contributed by atoms with van der Waals surface area (Å²) >= 11 is 0. The highest BCUT2D eigenvalue weighted by Gasteiger charge is 2.05. The third-order valence-electron chi connectivity index (χ3n) is 2.39. The maximum atomic E-state index is 9.01. The van der Waals surface area contributed by atoms with Crippen molar-refractivity contribution in [1.82, 2.24) is 14.8 Å². The number of aliphatic hydroxyl groups excluding tert-OH is 1. The van der Waals surface area contributed by atoms with Crippen LogP contribution >= 0.6 is 0 Å². The molecule has 0 unspecified atom stereocenters. The summed E-state index contributed by atoms with van der Waals surface area (Å²) in [5, 5.41) is 13.4. The third-order valence-corrected chi connectivity index (χ3v) is 2.39. The molecule has 16 heavy (non-hydrogen) atoms. The summed E-state index contributed by atoms with van der Waals surface area (Å²) in [6.07, 6.45) is 1.89. The van der Waals surface area contributed by atoms with Gasteiger partial charge < -0.3 is 5.11 Å². The van der Waals surface area contributed by atoms with Gasteiger partial charge in [0.1, 0.15) is 0 Å². The van der Waals surface area contributed by atoms with Crippen molar-refractivity contribution in [2.24, 2.45) is 0 Å². The van der Waals surface area contributed by atoms with E-state index in [4.69, 9.17) is 5.11 Å². The molecule has 0 amide bonds. The van der Waals surface area contributed by atoms with Gasteiger partial charge in [-0.2, -0.15) is 5.10 Å². The molecule has 2 aromatic rings. The van der Waals surface area contributed by atoms with E-state index in [2.05, 4.69) is 23.9 Å². The summed E-state index contributed by atoms with van der Waals surface area (Å²) in [5.41, 5.74) is 1.69. The molecule has 2 heterocycles. The number of hydrogen-bond acceptors (Lipinski definition) is 3. The Kier molecular flexibility index (Phi) is 3.01. The van der Waals surface area contributed by atoms with Gasteiger partial charge in [-0.15, -0.1) is 0 Å². The van der Waals surface area contributed by atoms with E-state index in [1.165, 1.54) is 0 Å². The SMILES string of the molecule is CC(C)c1ccn(-c2cccc(CO)n2)n1.